The van der Waals surface area contributed by atoms with E-state index in [0.29, 0.717) is 22.7 Å². The van der Waals surface area contributed by atoms with Crippen LogP contribution < -0.4 is 10.1 Å². The molecule has 0 radical (unpaired) electrons. The summed E-state index contributed by atoms with van der Waals surface area (Å²) in [6.45, 7) is -0.309. The molecule has 0 fully saturated rings. The fourth-order valence-electron chi connectivity index (χ4n) is 3.33. The van der Waals surface area contributed by atoms with E-state index in [4.69, 9.17) is 9.47 Å². The van der Waals surface area contributed by atoms with Crippen molar-refractivity contribution in [2.24, 2.45) is 0 Å². The summed E-state index contributed by atoms with van der Waals surface area (Å²) in [6, 6.07) is 9.94. The summed E-state index contributed by atoms with van der Waals surface area (Å²) in [5.74, 6) is -3.91. The third-order valence-corrected chi connectivity index (χ3v) is 4.81. The summed E-state index contributed by atoms with van der Waals surface area (Å²) >= 11 is 0. The summed E-state index contributed by atoms with van der Waals surface area (Å²) in [5, 5.41) is 15.4. The summed E-state index contributed by atoms with van der Waals surface area (Å²) in [7, 11) is 0. The van der Waals surface area contributed by atoms with E-state index in [1.165, 1.54) is 22.8 Å². The molecule has 1 aliphatic rings. The van der Waals surface area contributed by atoms with Crippen molar-refractivity contribution in [3.63, 3.8) is 0 Å². The molecule has 0 amide bonds. The molecular weight excluding hydrogens is 443 g/mol. The van der Waals surface area contributed by atoms with E-state index in [-0.39, 0.29) is 24.5 Å². The number of hydrogen-bond acceptors (Lipinski definition) is 9. The van der Waals surface area contributed by atoms with Crippen LogP contribution in [-0.2, 0) is 16.0 Å². The average Bonchev–Trinajstić information content (AvgIpc) is 3.20. The number of alkyl halides is 3. The highest BCUT2D eigenvalue weighted by Gasteiger charge is 2.50. The molecule has 1 aliphatic heterocycles. The van der Waals surface area contributed by atoms with Crippen molar-refractivity contribution in [3.05, 3.63) is 60.8 Å². The molecule has 0 saturated carbocycles. The first-order chi connectivity index (χ1) is 15.8. The van der Waals surface area contributed by atoms with Gasteiger partial charge in [-0.25, -0.2) is 9.78 Å². The van der Waals surface area contributed by atoms with Crippen molar-refractivity contribution in [2.45, 2.75) is 18.4 Å². The highest BCUT2D eigenvalue weighted by Crippen LogP contribution is 2.35. The lowest BCUT2D eigenvalue weighted by Crippen LogP contribution is -2.53. The van der Waals surface area contributed by atoms with Crippen LogP contribution in [0.3, 0.4) is 0 Å². The molecule has 168 valence electrons. The number of carbonyl (C=O) groups is 1. The Kier molecular flexibility index (Phi) is 4.80. The van der Waals surface area contributed by atoms with Gasteiger partial charge in [0.1, 0.15) is 0 Å². The number of hydrogen-bond donors (Lipinski definition) is 1. The second kappa shape index (κ2) is 7.69. The number of aromatic nitrogens is 6. The van der Waals surface area contributed by atoms with Crippen LogP contribution in [0.4, 0.5) is 19.0 Å². The van der Waals surface area contributed by atoms with Gasteiger partial charge in [0.05, 0.1) is 18.7 Å². The van der Waals surface area contributed by atoms with Gasteiger partial charge in [-0.05, 0) is 36.4 Å². The van der Waals surface area contributed by atoms with Gasteiger partial charge in [0, 0.05) is 24.2 Å². The smallest absolute Gasteiger partial charge is 0.446 e. The van der Waals surface area contributed by atoms with Crippen LogP contribution >= 0.6 is 0 Å². The summed E-state index contributed by atoms with van der Waals surface area (Å²) in [6.07, 6.45) is -0.876. The van der Waals surface area contributed by atoms with E-state index in [0.717, 1.165) is 0 Å². The molecule has 10 nitrogen and oxygen atoms in total. The Bertz CT molecular complexity index is 1330. The number of nitrogens with zero attached hydrogens (tertiary/aromatic N) is 6. The summed E-state index contributed by atoms with van der Waals surface area (Å²) in [5.41, 5.74) is 1.60. The van der Waals surface area contributed by atoms with E-state index in [1.807, 2.05) is 0 Å². The Hall–Kier alpha value is -4.29. The molecule has 0 aliphatic carbocycles. The van der Waals surface area contributed by atoms with Gasteiger partial charge in [0.15, 0.2) is 23.0 Å². The van der Waals surface area contributed by atoms with Crippen LogP contribution in [-0.4, -0.2) is 54.3 Å². The van der Waals surface area contributed by atoms with Gasteiger partial charge in [0.25, 0.3) is 5.79 Å². The van der Waals surface area contributed by atoms with Gasteiger partial charge in [-0.15, -0.1) is 10.2 Å². The van der Waals surface area contributed by atoms with E-state index in [9.17, 15) is 18.0 Å². The molecule has 1 N–H and O–H groups in total. The number of rotatable bonds is 4. The Morgan fingerprint density at radius 3 is 2.82 bits per heavy atom. The molecule has 4 aromatic rings. The van der Waals surface area contributed by atoms with Crippen LogP contribution in [0.5, 0.6) is 5.75 Å². The van der Waals surface area contributed by atoms with Gasteiger partial charge in [-0.3, -0.25) is 4.98 Å². The lowest BCUT2D eigenvalue weighted by Gasteiger charge is -2.37. The first-order valence-electron chi connectivity index (χ1n) is 9.63. The number of fused-ring (bicyclic) bond motifs is 2. The maximum Gasteiger partial charge on any atom is 0.491 e. The monoisotopic (exact) mass is 457 g/mol. The number of carbonyl (C=O) groups excluding carboxylic acids is 1. The molecule has 0 aromatic carbocycles. The third-order valence-electron chi connectivity index (χ3n) is 4.81. The molecule has 0 spiro atoms. The zero-order valence-electron chi connectivity index (χ0n) is 16.7. The Balaban J connectivity index is 1.54. The highest BCUT2D eigenvalue weighted by molar-refractivity contribution is 5.76. The number of ether oxygens (including phenoxy) is 2. The van der Waals surface area contributed by atoms with Crippen LogP contribution in [0.2, 0.25) is 0 Å². The maximum absolute atomic E-state index is 13.0. The number of halogens is 3. The summed E-state index contributed by atoms with van der Waals surface area (Å²) in [4.78, 5) is 19.9. The quantitative estimate of drug-likeness (QED) is 0.461. The fraction of sp³-hybridized carbons (Fsp3) is 0.200. The van der Waals surface area contributed by atoms with Crippen molar-refractivity contribution in [1.82, 2.24) is 29.8 Å². The minimum absolute atomic E-state index is 0.122. The number of anilines is 1. The lowest BCUT2D eigenvalue weighted by molar-refractivity contribution is -0.238. The van der Waals surface area contributed by atoms with E-state index < -0.39 is 17.9 Å². The highest BCUT2D eigenvalue weighted by atomic mass is 19.4. The predicted molar refractivity (Wildman–Crippen MR) is 106 cm³/mol. The summed E-state index contributed by atoms with van der Waals surface area (Å²) < 4.78 is 51.0. The van der Waals surface area contributed by atoms with E-state index in [2.05, 4.69) is 30.6 Å². The molecule has 0 saturated heterocycles. The zero-order chi connectivity index (χ0) is 23.1. The molecule has 0 bridgehead atoms. The molecule has 1 unspecified atom stereocenters. The topological polar surface area (TPSA) is 116 Å². The van der Waals surface area contributed by atoms with E-state index in [1.54, 1.807) is 36.7 Å². The molecule has 5 rings (SSSR count). The molecule has 5 heterocycles. The Morgan fingerprint density at radius 1 is 1.18 bits per heavy atom. The minimum Gasteiger partial charge on any atom is -0.446 e. The Labute approximate surface area is 183 Å². The number of nitrogens with one attached hydrogen (secondary N) is 1. The Morgan fingerprint density at radius 2 is 2.03 bits per heavy atom. The van der Waals surface area contributed by atoms with Crippen LogP contribution in [0, 0.1) is 0 Å². The predicted octanol–water partition coefficient (Wildman–Crippen LogP) is 2.43. The molecular formula is C20H14F3N7O3. The van der Waals surface area contributed by atoms with Crippen molar-refractivity contribution in [3.8, 4) is 17.0 Å². The third kappa shape index (κ3) is 4.00. The molecule has 33 heavy (non-hydrogen) atoms. The second-order valence-electron chi connectivity index (χ2n) is 7.13. The largest absolute Gasteiger partial charge is 0.491 e. The van der Waals surface area contributed by atoms with Crippen molar-refractivity contribution in [1.29, 1.82) is 0 Å². The maximum atomic E-state index is 13.0. The van der Waals surface area contributed by atoms with Crippen LogP contribution in [0.25, 0.3) is 16.9 Å². The van der Waals surface area contributed by atoms with Gasteiger partial charge >= 0.3 is 12.1 Å². The lowest BCUT2D eigenvalue weighted by atomic mass is 10.1. The molecule has 1 atom stereocenters. The van der Waals surface area contributed by atoms with Crippen LogP contribution in [0.15, 0.2) is 55.0 Å². The number of pyridine rings is 2. The van der Waals surface area contributed by atoms with Gasteiger partial charge in [-0.2, -0.15) is 22.8 Å². The standard InChI is InChI=1S/C20H14F3N7O3/c21-20(22,23)18(31)33-19(11-26-17-14(32-19)4-2-8-25-17)9-16-28-27-15-6-5-13(29-30(15)16)12-3-1-7-24-10-12/h1-8,10H,9,11H2,(H,25,26). The van der Waals surface area contributed by atoms with Crippen molar-refractivity contribution < 1.29 is 27.4 Å². The minimum atomic E-state index is -5.22. The average molecular weight is 457 g/mol. The normalized spacial score (nSPS) is 17.7. The van der Waals surface area contributed by atoms with Gasteiger partial charge < -0.3 is 14.8 Å². The second-order valence-corrected chi connectivity index (χ2v) is 7.13. The van der Waals surface area contributed by atoms with Gasteiger partial charge in [-0.1, -0.05) is 0 Å². The first kappa shape index (κ1) is 20.6. The van der Waals surface area contributed by atoms with Crippen molar-refractivity contribution >= 4 is 17.4 Å². The SMILES string of the molecule is O=C(OC1(Cc2nnc3ccc(-c4cccnc4)nn23)CNc2ncccc2O1)C(F)(F)F. The van der Waals surface area contributed by atoms with E-state index >= 15 is 0 Å². The fourth-order valence-corrected chi connectivity index (χ4v) is 3.33. The van der Waals surface area contributed by atoms with Crippen LogP contribution in [0.1, 0.15) is 5.82 Å². The molecule has 13 heteroatoms. The molecule has 4 aromatic heterocycles. The van der Waals surface area contributed by atoms with Crippen molar-refractivity contribution in [2.75, 3.05) is 11.9 Å². The van der Waals surface area contributed by atoms with Gasteiger partial charge in [0.2, 0.25) is 0 Å². The first-order valence-corrected chi connectivity index (χ1v) is 9.63. The zero-order valence-corrected chi connectivity index (χ0v) is 16.7. The number of esters is 1.